The molecule has 0 aliphatic carbocycles. The van der Waals surface area contributed by atoms with Crippen LogP contribution in [0.5, 0.6) is 0 Å². The summed E-state index contributed by atoms with van der Waals surface area (Å²) in [5.74, 6) is -0.660. The van der Waals surface area contributed by atoms with Gasteiger partial charge in [-0.1, -0.05) is 42.5 Å². The Balaban J connectivity index is 1.93. The monoisotopic (exact) mass is 295 g/mol. The molecule has 112 valence electrons. The van der Waals surface area contributed by atoms with Gasteiger partial charge >= 0.3 is 5.97 Å². The molecule has 2 aromatic carbocycles. The summed E-state index contributed by atoms with van der Waals surface area (Å²) >= 11 is 0. The second-order valence-corrected chi connectivity index (χ2v) is 5.21. The molecule has 0 saturated carbocycles. The smallest absolute Gasteiger partial charge is 0.326 e. The van der Waals surface area contributed by atoms with E-state index >= 15 is 0 Å². The first-order valence-electron chi connectivity index (χ1n) is 7.16. The third-order valence-electron chi connectivity index (χ3n) is 3.77. The quantitative estimate of drug-likeness (QED) is 0.758. The van der Waals surface area contributed by atoms with Crippen LogP contribution in [-0.4, -0.2) is 20.6 Å². The van der Waals surface area contributed by atoms with Crippen LogP contribution in [0.25, 0.3) is 11.0 Å². The fraction of sp³-hybridized carbons (Fsp3) is 0.176. The molecule has 3 rings (SSSR count). The number of hydrogen-bond donors (Lipinski definition) is 2. The van der Waals surface area contributed by atoms with E-state index in [1.165, 1.54) is 0 Å². The fourth-order valence-corrected chi connectivity index (χ4v) is 2.70. The van der Waals surface area contributed by atoms with E-state index in [4.69, 9.17) is 5.73 Å². The van der Waals surface area contributed by atoms with Crippen molar-refractivity contribution in [2.24, 2.45) is 0 Å². The molecule has 5 heteroatoms. The van der Waals surface area contributed by atoms with Crippen LogP contribution in [0.15, 0.2) is 54.6 Å². The van der Waals surface area contributed by atoms with Gasteiger partial charge in [0.2, 0.25) is 5.95 Å². The van der Waals surface area contributed by atoms with Crippen LogP contribution in [-0.2, 0) is 11.2 Å². The van der Waals surface area contributed by atoms with E-state index in [1.807, 2.05) is 54.6 Å². The molecule has 5 nitrogen and oxygen atoms in total. The van der Waals surface area contributed by atoms with Crippen molar-refractivity contribution in [3.63, 3.8) is 0 Å². The number of benzene rings is 2. The van der Waals surface area contributed by atoms with Gasteiger partial charge in [0.1, 0.15) is 6.04 Å². The number of fused-ring (bicyclic) bond motifs is 1. The zero-order valence-corrected chi connectivity index (χ0v) is 12.0. The van der Waals surface area contributed by atoms with Crippen molar-refractivity contribution in [2.45, 2.75) is 18.9 Å². The van der Waals surface area contributed by atoms with Gasteiger partial charge in [0.15, 0.2) is 0 Å². The number of carboxylic acids is 1. The van der Waals surface area contributed by atoms with Gasteiger partial charge in [0, 0.05) is 0 Å². The molecule has 0 bridgehead atoms. The van der Waals surface area contributed by atoms with E-state index in [-0.39, 0.29) is 5.95 Å². The first-order chi connectivity index (χ1) is 10.7. The van der Waals surface area contributed by atoms with Crippen molar-refractivity contribution in [1.82, 2.24) is 9.55 Å². The SMILES string of the molecule is Nc1nc2ccccc2n1C(CCc1ccccc1)C(=O)O. The molecule has 0 fully saturated rings. The minimum atomic E-state index is -0.897. The van der Waals surface area contributed by atoms with Gasteiger partial charge < -0.3 is 10.8 Å². The fourth-order valence-electron chi connectivity index (χ4n) is 2.70. The van der Waals surface area contributed by atoms with Crippen LogP contribution >= 0.6 is 0 Å². The van der Waals surface area contributed by atoms with Crippen molar-refractivity contribution < 1.29 is 9.90 Å². The topological polar surface area (TPSA) is 81.1 Å². The number of aliphatic carboxylic acids is 1. The highest BCUT2D eigenvalue weighted by molar-refractivity contribution is 5.82. The highest BCUT2D eigenvalue weighted by Crippen LogP contribution is 2.26. The Bertz CT molecular complexity index is 796. The molecule has 0 saturated heterocycles. The van der Waals surface area contributed by atoms with Gasteiger partial charge in [0.25, 0.3) is 0 Å². The maximum atomic E-state index is 11.7. The van der Waals surface area contributed by atoms with Gasteiger partial charge in [0.05, 0.1) is 11.0 Å². The summed E-state index contributed by atoms with van der Waals surface area (Å²) in [6, 6.07) is 16.5. The number of imidazole rings is 1. The molecule has 0 aliphatic heterocycles. The number of anilines is 1. The largest absolute Gasteiger partial charge is 0.480 e. The van der Waals surface area contributed by atoms with Crippen molar-refractivity contribution in [3.8, 4) is 0 Å². The summed E-state index contributed by atoms with van der Waals surface area (Å²) in [5.41, 5.74) is 8.52. The lowest BCUT2D eigenvalue weighted by Crippen LogP contribution is -2.21. The Morgan fingerprint density at radius 3 is 2.55 bits per heavy atom. The number of hydrogen-bond acceptors (Lipinski definition) is 3. The molecule has 3 aromatic rings. The van der Waals surface area contributed by atoms with Crippen molar-refractivity contribution >= 4 is 23.0 Å². The van der Waals surface area contributed by atoms with Crippen molar-refractivity contribution in [2.75, 3.05) is 5.73 Å². The number of aryl methyl sites for hydroxylation is 1. The lowest BCUT2D eigenvalue weighted by molar-refractivity contribution is -0.140. The van der Waals surface area contributed by atoms with Gasteiger partial charge in [-0.05, 0) is 30.5 Å². The van der Waals surface area contributed by atoms with Gasteiger partial charge in [-0.25, -0.2) is 9.78 Å². The number of aromatic nitrogens is 2. The Morgan fingerprint density at radius 1 is 1.14 bits per heavy atom. The molecule has 1 heterocycles. The van der Waals surface area contributed by atoms with Crippen molar-refractivity contribution in [1.29, 1.82) is 0 Å². The van der Waals surface area contributed by atoms with Gasteiger partial charge in [-0.3, -0.25) is 4.57 Å². The summed E-state index contributed by atoms with van der Waals surface area (Å²) in [6.45, 7) is 0. The molecule has 1 unspecified atom stereocenters. The number of para-hydroxylation sites is 2. The Kier molecular flexibility index (Phi) is 3.78. The molecule has 3 N–H and O–H groups in total. The van der Waals surface area contributed by atoms with E-state index < -0.39 is 12.0 Å². The van der Waals surface area contributed by atoms with Crippen molar-refractivity contribution in [3.05, 3.63) is 60.2 Å². The van der Waals surface area contributed by atoms with E-state index in [0.29, 0.717) is 18.4 Å². The molecule has 22 heavy (non-hydrogen) atoms. The number of nitrogen functional groups attached to an aromatic ring is 1. The number of carboxylic acid groups (broad SMARTS) is 1. The molecule has 0 amide bonds. The second-order valence-electron chi connectivity index (χ2n) is 5.21. The van der Waals surface area contributed by atoms with Gasteiger partial charge in [-0.15, -0.1) is 0 Å². The maximum absolute atomic E-state index is 11.7. The molecular weight excluding hydrogens is 278 g/mol. The highest BCUT2D eigenvalue weighted by Gasteiger charge is 2.24. The summed E-state index contributed by atoms with van der Waals surface area (Å²) in [6.07, 6.45) is 1.13. The minimum absolute atomic E-state index is 0.238. The summed E-state index contributed by atoms with van der Waals surface area (Å²) in [4.78, 5) is 16.0. The second kappa shape index (κ2) is 5.89. The van der Waals surface area contributed by atoms with Crippen LogP contribution < -0.4 is 5.73 Å². The van der Waals surface area contributed by atoms with E-state index in [9.17, 15) is 9.90 Å². The number of rotatable bonds is 5. The first kappa shape index (κ1) is 14.1. The Labute approximate surface area is 128 Å². The molecule has 0 radical (unpaired) electrons. The average Bonchev–Trinajstić information content (AvgIpc) is 2.85. The predicted molar refractivity (Wildman–Crippen MR) is 85.6 cm³/mol. The predicted octanol–water partition coefficient (Wildman–Crippen LogP) is 2.88. The molecule has 0 aliphatic rings. The summed E-state index contributed by atoms with van der Waals surface area (Å²) in [7, 11) is 0. The number of nitrogens with two attached hydrogens (primary N) is 1. The molecule has 1 aromatic heterocycles. The molecule has 1 atom stereocenters. The highest BCUT2D eigenvalue weighted by atomic mass is 16.4. The molecular formula is C17H17N3O2. The Morgan fingerprint density at radius 2 is 1.82 bits per heavy atom. The van der Waals surface area contributed by atoms with E-state index in [2.05, 4.69) is 4.98 Å². The van der Waals surface area contributed by atoms with Gasteiger partial charge in [-0.2, -0.15) is 0 Å². The van der Waals surface area contributed by atoms with Crippen LogP contribution in [0.4, 0.5) is 5.95 Å². The Hall–Kier alpha value is -2.82. The van der Waals surface area contributed by atoms with E-state index in [0.717, 1.165) is 11.1 Å². The maximum Gasteiger partial charge on any atom is 0.326 e. The van der Waals surface area contributed by atoms with Crippen LogP contribution in [0.1, 0.15) is 18.0 Å². The normalized spacial score (nSPS) is 12.4. The minimum Gasteiger partial charge on any atom is -0.480 e. The van der Waals surface area contributed by atoms with Crippen LogP contribution in [0.3, 0.4) is 0 Å². The third kappa shape index (κ3) is 2.65. The third-order valence-corrected chi connectivity index (χ3v) is 3.77. The molecule has 0 spiro atoms. The summed E-state index contributed by atoms with van der Waals surface area (Å²) < 4.78 is 1.61. The zero-order chi connectivity index (χ0) is 15.5. The number of carbonyl (C=O) groups is 1. The van der Waals surface area contributed by atoms with Crippen LogP contribution in [0, 0.1) is 0 Å². The number of nitrogens with zero attached hydrogens (tertiary/aromatic N) is 2. The lowest BCUT2D eigenvalue weighted by atomic mass is 10.0. The van der Waals surface area contributed by atoms with Crippen LogP contribution in [0.2, 0.25) is 0 Å². The summed E-state index contributed by atoms with van der Waals surface area (Å²) in [5, 5.41) is 9.60. The standard InChI is InChI=1S/C17H17N3O2/c18-17-19-13-8-4-5-9-14(13)20(17)15(16(21)22)11-10-12-6-2-1-3-7-12/h1-9,15H,10-11H2,(H2,18,19)(H,21,22). The zero-order valence-electron chi connectivity index (χ0n) is 12.0. The van der Waals surface area contributed by atoms with E-state index in [1.54, 1.807) is 4.57 Å². The average molecular weight is 295 g/mol. The first-order valence-corrected chi connectivity index (χ1v) is 7.16. The lowest BCUT2D eigenvalue weighted by Gasteiger charge is -2.16.